The maximum atomic E-state index is 12.2. The summed E-state index contributed by atoms with van der Waals surface area (Å²) in [7, 11) is 0. The summed E-state index contributed by atoms with van der Waals surface area (Å²) in [5.41, 5.74) is -0.777. The second-order valence-electron chi connectivity index (χ2n) is 9.22. The molecule has 2 saturated heterocycles. The summed E-state index contributed by atoms with van der Waals surface area (Å²) in [5, 5.41) is 8.98. The van der Waals surface area contributed by atoms with Crippen molar-refractivity contribution in [3.8, 4) is 0 Å². The maximum Gasteiger partial charge on any atom is 0.322 e. The molecular formula is C21H36IN5O2. The van der Waals surface area contributed by atoms with Crippen LogP contribution in [0.4, 0.5) is 4.79 Å². The third-order valence-corrected chi connectivity index (χ3v) is 7.40. The average molecular weight is 517 g/mol. The Kier molecular flexibility index (Phi) is 7.32. The van der Waals surface area contributed by atoms with Gasteiger partial charge in [0.2, 0.25) is 0 Å². The highest BCUT2D eigenvalue weighted by molar-refractivity contribution is 14.0. The molecule has 7 nitrogen and oxygen atoms in total. The van der Waals surface area contributed by atoms with Gasteiger partial charge in [0.15, 0.2) is 5.96 Å². The first-order chi connectivity index (χ1) is 13.5. The summed E-state index contributed by atoms with van der Waals surface area (Å²) in [4.78, 5) is 30.9. The van der Waals surface area contributed by atoms with Gasteiger partial charge in [0.25, 0.3) is 5.91 Å². The Morgan fingerprint density at radius 3 is 2.45 bits per heavy atom. The molecule has 4 rings (SSSR count). The number of nitrogens with zero attached hydrogens (tertiary/aromatic N) is 2. The number of carbonyl (C=O) groups is 2. The third kappa shape index (κ3) is 4.82. The van der Waals surface area contributed by atoms with Crippen molar-refractivity contribution in [1.29, 1.82) is 0 Å². The number of rotatable bonds is 4. The molecule has 8 heteroatoms. The van der Waals surface area contributed by atoms with Gasteiger partial charge in [-0.25, -0.2) is 4.79 Å². The van der Waals surface area contributed by atoms with E-state index in [1.807, 2.05) is 6.92 Å². The minimum Gasteiger partial charge on any atom is -0.353 e. The molecule has 4 aliphatic rings. The lowest BCUT2D eigenvalue weighted by atomic mass is 9.79. The molecule has 2 saturated carbocycles. The van der Waals surface area contributed by atoms with Crippen molar-refractivity contribution in [3.05, 3.63) is 0 Å². The van der Waals surface area contributed by atoms with Crippen molar-refractivity contribution in [2.75, 3.05) is 19.6 Å². The van der Waals surface area contributed by atoms with E-state index < -0.39 is 5.54 Å². The Balaban J connectivity index is 0.00000240. The van der Waals surface area contributed by atoms with E-state index in [9.17, 15) is 9.59 Å². The number of likely N-dealkylation sites (tertiary alicyclic amines) is 1. The number of halogens is 1. The van der Waals surface area contributed by atoms with Gasteiger partial charge in [-0.3, -0.25) is 15.1 Å². The Morgan fingerprint density at radius 1 is 1.17 bits per heavy atom. The molecule has 0 aromatic carbocycles. The van der Waals surface area contributed by atoms with Crippen LogP contribution in [0.1, 0.15) is 65.2 Å². The van der Waals surface area contributed by atoms with Crippen LogP contribution in [-0.2, 0) is 4.79 Å². The Bertz CT molecular complexity index is 643. The van der Waals surface area contributed by atoms with E-state index in [0.717, 1.165) is 50.3 Å². The maximum absolute atomic E-state index is 12.2. The van der Waals surface area contributed by atoms with Crippen LogP contribution in [0.3, 0.4) is 0 Å². The fourth-order valence-electron chi connectivity index (χ4n) is 5.53. The van der Waals surface area contributed by atoms with Gasteiger partial charge in [-0.05, 0) is 50.9 Å². The van der Waals surface area contributed by atoms with E-state index in [0.29, 0.717) is 6.04 Å². The van der Waals surface area contributed by atoms with Crippen molar-refractivity contribution in [2.24, 2.45) is 22.7 Å². The zero-order chi connectivity index (χ0) is 19.7. The van der Waals surface area contributed by atoms with E-state index in [-0.39, 0.29) is 41.8 Å². The first-order valence-electron chi connectivity index (χ1n) is 11.2. The van der Waals surface area contributed by atoms with Crippen LogP contribution in [0.15, 0.2) is 4.99 Å². The molecule has 3 atom stereocenters. The lowest BCUT2D eigenvalue weighted by Gasteiger charge is -2.40. The fraction of sp³-hybridized carbons (Fsp3) is 0.857. The number of hydrogen-bond acceptors (Lipinski definition) is 3. The van der Waals surface area contributed by atoms with Crippen LogP contribution in [0.25, 0.3) is 0 Å². The summed E-state index contributed by atoms with van der Waals surface area (Å²) < 4.78 is 0. The number of urea groups is 1. The average Bonchev–Trinajstić information content (AvgIpc) is 3.41. The van der Waals surface area contributed by atoms with Crippen molar-refractivity contribution in [3.63, 3.8) is 0 Å². The smallest absolute Gasteiger partial charge is 0.322 e. The Labute approximate surface area is 191 Å². The van der Waals surface area contributed by atoms with Crippen LogP contribution in [-0.4, -0.2) is 54.0 Å². The zero-order valence-electron chi connectivity index (χ0n) is 17.7. The lowest BCUT2D eigenvalue weighted by Crippen LogP contribution is -2.55. The quantitative estimate of drug-likeness (QED) is 0.232. The zero-order valence-corrected chi connectivity index (χ0v) is 20.0. The summed E-state index contributed by atoms with van der Waals surface area (Å²) in [5.74, 6) is 2.74. The van der Waals surface area contributed by atoms with E-state index in [1.165, 1.54) is 38.5 Å². The van der Waals surface area contributed by atoms with Gasteiger partial charge in [-0.15, -0.1) is 24.0 Å². The topological polar surface area (TPSA) is 85.8 Å². The second-order valence-corrected chi connectivity index (χ2v) is 9.22. The van der Waals surface area contributed by atoms with Crippen LogP contribution >= 0.6 is 24.0 Å². The predicted octanol–water partition coefficient (Wildman–Crippen LogP) is 2.85. The number of piperidine rings is 1. The van der Waals surface area contributed by atoms with E-state index in [1.54, 1.807) is 0 Å². The number of nitrogens with one attached hydrogen (secondary N) is 3. The van der Waals surface area contributed by atoms with Crippen molar-refractivity contribution >= 4 is 41.9 Å². The number of hydrogen-bond donors (Lipinski definition) is 3. The van der Waals surface area contributed by atoms with Crippen molar-refractivity contribution in [1.82, 2.24) is 20.9 Å². The van der Waals surface area contributed by atoms with Gasteiger partial charge in [0.1, 0.15) is 5.54 Å². The Morgan fingerprint density at radius 2 is 1.86 bits per heavy atom. The van der Waals surface area contributed by atoms with Gasteiger partial charge in [-0.1, -0.05) is 32.1 Å². The highest BCUT2D eigenvalue weighted by atomic mass is 127. The second kappa shape index (κ2) is 9.39. The lowest BCUT2D eigenvalue weighted by molar-refractivity contribution is -0.125. The van der Waals surface area contributed by atoms with Crippen LogP contribution in [0.2, 0.25) is 0 Å². The SMILES string of the molecule is CCN=C(NC1CC1C1CCCCC1)N1CCC(C2(C)NC(=O)NC2=O)CC1.I. The number of imide groups is 1. The van der Waals surface area contributed by atoms with E-state index in [2.05, 4.69) is 27.8 Å². The highest BCUT2D eigenvalue weighted by Gasteiger charge is 2.49. The largest absolute Gasteiger partial charge is 0.353 e. The molecule has 3 amide bonds. The number of guanidine groups is 1. The molecule has 4 fully saturated rings. The summed E-state index contributed by atoms with van der Waals surface area (Å²) >= 11 is 0. The first kappa shape index (κ1) is 22.6. The standard InChI is InChI=1S/C21H35N5O2.HI/c1-3-22-19(23-17-13-16(17)14-7-5-4-6-8-14)26-11-9-15(10-12-26)21(2)18(27)24-20(28)25-21;/h14-17H,3-13H2,1-2H3,(H,22,23)(H2,24,25,27,28);1H. The molecule has 2 aliphatic heterocycles. The summed E-state index contributed by atoms with van der Waals surface area (Å²) in [6.45, 7) is 6.45. The predicted molar refractivity (Wildman–Crippen MR) is 124 cm³/mol. The van der Waals surface area contributed by atoms with Gasteiger partial charge in [0.05, 0.1) is 0 Å². The summed E-state index contributed by atoms with van der Waals surface area (Å²) in [6.07, 6.45) is 10.1. The van der Waals surface area contributed by atoms with Crippen LogP contribution in [0, 0.1) is 17.8 Å². The van der Waals surface area contributed by atoms with Gasteiger partial charge < -0.3 is 15.5 Å². The molecular weight excluding hydrogens is 481 g/mol. The molecule has 29 heavy (non-hydrogen) atoms. The molecule has 0 radical (unpaired) electrons. The fourth-order valence-corrected chi connectivity index (χ4v) is 5.53. The van der Waals surface area contributed by atoms with Gasteiger partial charge >= 0.3 is 6.03 Å². The molecule has 2 heterocycles. The minimum absolute atomic E-state index is 0. The van der Waals surface area contributed by atoms with E-state index in [4.69, 9.17) is 4.99 Å². The van der Waals surface area contributed by atoms with Gasteiger partial charge in [-0.2, -0.15) is 0 Å². The monoisotopic (exact) mass is 517 g/mol. The molecule has 0 bridgehead atoms. The molecule has 0 spiro atoms. The normalized spacial score (nSPS) is 33.7. The van der Waals surface area contributed by atoms with Crippen molar-refractivity contribution in [2.45, 2.75) is 76.8 Å². The van der Waals surface area contributed by atoms with Crippen molar-refractivity contribution < 1.29 is 9.59 Å². The number of amides is 3. The Hall–Kier alpha value is -1.06. The molecule has 0 aromatic heterocycles. The molecule has 2 aliphatic carbocycles. The molecule has 164 valence electrons. The molecule has 3 N–H and O–H groups in total. The number of carbonyl (C=O) groups excluding carboxylic acids is 2. The highest BCUT2D eigenvalue weighted by Crippen LogP contribution is 2.44. The van der Waals surface area contributed by atoms with Gasteiger partial charge in [0, 0.05) is 25.7 Å². The third-order valence-electron chi connectivity index (χ3n) is 7.40. The molecule has 0 aromatic rings. The molecule has 3 unspecified atom stereocenters. The van der Waals surface area contributed by atoms with Crippen LogP contribution in [0.5, 0.6) is 0 Å². The number of aliphatic imine (C=N–C) groups is 1. The minimum atomic E-state index is -0.777. The van der Waals surface area contributed by atoms with Crippen LogP contribution < -0.4 is 16.0 Å². The summed E-state index contributed by atoms with van der Waals surface area (Å²) in [6, 6.07) is 0.218. The van der Waals surface area contributed by atoms with E-state index >= 15 is 0 Å². The first-order valence-corrected chi connectivity index (χ1v) is 11.2.